The third-order valence-corrected chi connectivity index (χ3v) is 3.45. The summed E-state index contributed by atoms with van der Waals surface area (Å²) in [7, 11) is 3.66. The number of nitrogens with zero attached hydrogens (tertiary/aromatic N) is 7. The number of carbonyl (C=O) groups is 1. The van der Waals surface area contributed by atoms with Crippen molar-refractivity contribution in [2.24, 2.45) is 14.1 Å². The molecule has 0 saturated carbocycles. The maximum atomic E-state index is 12.1. The van der Waals surface area contributed by atoms with E-state index in [4.69, 9.17) is 4.74 Å². The average molecular weight is 305 g/mol. The fourth-order valence-electron chi connectivity index (χ4n) is 2.40. The molecule has 0 saturated heterocycles. The Balaban J connectivity index is 1.82. The molecule has 0 spiro atoms. The predicted molar refractivity (Wildman–Crippen MR) is 76.5 cm³/mol. The Morgan fingerprint density at radius 3 is 2.45 bits per heavy atom. The lowest BCUT2D eigenvalue weighted by Gasteiger charge is -2.24. The molecule has 22 heavy (non-hydrogen) atoms. The van der Waals surface area contributed by atoms with E-state index in [1.165, 1.54) is 0 Å². The molecule has 0 bridgehead atoms. The van der Waals surface area contributed by atoms with Gasteiger partial charge < -0.3 is 9.30 Å². The third-order valence-electron chi connectivity index (χ3n) is 3.45. The molecule has 9 heteroatoms. The molecule has 0 unspecified atom stereocenters. The van der Waals surface area contributed by atoms with Crippen LogP contribution >= 0.6 is 0 Å². The molecule has 1 aliphatic heterocycles. The monoisotopic (exact) mass is 305 g/mol. The van der Waals surface area contributed by atoms with E-state index < -0.39 is 5.60 Å². The minimum absolute atomic E-state index is 0.327. The second kappa shape index (κ2) is 4.79. The van der Waals surface area contributed by atoms with Crippen LogP contribution in [0.1, 0.15) is 32.2 Å². The van der Waals surface area contributed by atoms with Crippen LogP contribution in [-0.4, -0.2) is 46.4 Å². The third kappa shape index (κ3) is 2.42. The number of hydrogen-bond acceptors (Lipinski definition) is 6. The van der Waals surface area contributed by atoms with Gasteiger partial charge >= 0.3 is 6.09 Å². The molecular formula is C13H19N7O2. The van der Waals surface area contributed by atoms with Crippen LogP contribution in [0.4, 0.5) is 4.79 Å². The van der Waals surface area contributed by atoms with Crippen molar-refractivity contribution in [1.82, 2.24) is 34.7 Å². The van der Waals surface area contributed by atoms with Crippen molar-refractivity contribution < 1.29 is 9.53 Å². The number of aryl methyl sites for hydroxylation is 1. The smallest absolute Gasteiger partial charge is 0.410 e. The normalized spacial score (nSPS) is 14.3. The maximum absolute atomic E-state index is 12.1. The largest absolute Gasteiger partial charge is 0.444 e. The van der Waals surface area contributed by atoms with Gasteiger partial charge in [-0.2, -0.15) is 0 Å². The van der Waals surface area contributed by atoms with Crippen LogP contribution in [0.25, 0.3) is 11.6 Å². The Morgan fingerprint density at radius 2 is 1.91 bits per heavy atom. The summed E-state index contributed by atoms with van der Waals surface area (Å²) in [6.45, 7) is 6.46. The van der Waals surface area contributed by atoms with Crippen LogP contribution in [0.5, 0.6) is 0 Å². The summed E-state index contributed by atoms with van der Waals surface area (Å²) in [5.74, 6) is 1.29. The number of amides is 1. The number of aromatic nitrogens is 6. The zero-order valence-electron chi connectivity index (χ0n) is 13.4. The Kier molecular flexibility index (Phi) is 3.15. The van der Waals surface area contributed by atoms with Crippen molar-refractivity contribution >= 4 is 6.09 Å². The summed E-state index contributed by atoms with van der Waals surface area (Å²) in [5.41, 5.74) is 1.32. The number of ether oxygens (including phenoxy) is 1. The highest BCUT2D eigenvalue weighted by Gasteiger charge is 2.32. The van der Waals surface area contributed by atoms with Crippen LogP contribution in [0.15, 0.2) is 0 Å². The fourth-order valence-corrected chi connectivity index (χ4v) is 2.40. The highest BCUT2D eigenvalue weighted by molar-refractivity contribution is 5.69. The summed E-state index contributed by atoms with van der Waals surface area (Å²) >= 11 is 0. The molecule has 2 aromatic heterocycles. The molecule has 1 amide bonds. The minimum Gasteiger partial charge on any atom is -0.444 e. The van der Waals surface area contributed by atoms with Crippen molar-refractivity contribution in [2.75, 3.05) is 0 Å². The average Bonchev–Trinajstić information content (AvgIpc) is 3.04. The van der Waals surface area contributed by atoms with Gasteiger partial charge in [-0.25, -0.2) is 14.5 Å². The molecule has 0 aromatic carbocycles. The number of fused-ring (bicyclic) bond motifs is 1. The highest BCUT2D eigenvalue weighted by atomic mass is 16.6. The van der Waals surface area contributed by atoms with E-state index in [0.717, 1.165) is 11.4 Å². The van der Waals surface area contributed by atoms with Gasteiger partial charge in [0, 0.05) is 14.1 Å². The van der Waals surface area contributed by atoms with E-state index in [-0.39, 0.29) is 6.09 Å². The highest BCUT2D eigenvalue weighted by Crippen LogP contribution is 2.27. The van der Waals surface area contributed by atoms with Crippen molar-refractivity contribution in [3.8, 4) is 11.6 Å². The van der Waals surface area contributed by atoms with Crippen LogP contribution in [0.3, 0.4) is 0 Å². The van der Waals surface area contributed by atoms with E-state index in [0.29, 0.717) is 24.7 Å². The summed E-state index contributed by atoms with van der Waals surface area (Å²) < 4.78 is 8.89. The number of tetrazole rings is 1. The standard InChI is InChI=1S/C13H19N7O2/c1-13(2,3)22-12(21)20-6-8-9(7-20)18(4)10(14-8)11-15-16-17-19(11)5/h6-7H2,1-5H3. The van der Waals surface area contributed by atoms with E-state index >= 15 is 0 Å². The quantitative estimate of drug-likeness (QED) is 0.776. The summed E-state index contributed by atoms with van der Waals surface area (Å²) in [5, 5.41) is 11.4. The Bertz CT molecular complexity index is 725. The molecule has 0 fully saturated rings. The Morgan fingerprint density at radius 1 is 1.18 bits per heavy atom. The summed E-state index contributed by atoms with van der Waals surface area (Å²) in [4.78, 5) is 18.4. The summed E-state index contributed by atoms with van der Waals surface area (Å²) in [6, 6.07) is 0. The van der Waals surface area contributed by atoms with Crippen LogP contribution in [0.2, 0.25) is 0 Å². The van der Waals surface area contributed by atoms with Gasteiger partial charge in [0.1, 0.15) is 5.60 Å². The maximum Gasteiger partial charge on any atom is 0.410 e. The molecule has 0 N–H and O–H groups in total. The van der Waals surface area contributed by atoms with Gasteiger partial charge in [0.25, 0.3) is 0 Å². The minimum atomic E-state index is -0.505. The van der Waals surface area contributed by atoms with Crippen molar-refractivity contribution in [3.63, 3.8) is 0 Å². The molecule has 3 rings (SSSR count). The molecular weight excluding hydrogens is 286 g/mol. The Labute approximate surface area is 127 Å². The molecule has 0 aliphatic carbocycles. The fraction of sp³-hybridized carbons (Fsp3) is 0.615. The van der Waals surface area contributed by atoms with E-state index in [2.05, 4.69) is 20.5 Å². The van der Waals surface area contributed by atoms with Gasteiger partial charge in [-0.15, -0.1) is 5.10 Å². The van der Waals surface area contributed by atoms with Crippen molar-refractivity contribution in [1.29, 1.82) is 0 Å². The van der Waals surface area contributed by atoms with Crippen LogP contribution < -0.4 is 0 Å². The van der Waals surface area contributed by atoms with Gasteiger partial charge in [0.05, 0.1) is 24.5 Å². The SMILES string of the molecule is Cn1nnnc1-c1nc2c(n1C)CN(C(=O)OC(C)(C)C)C2. The first-order valence-corrected chi connectivity index (χ1v) is 7.01. The van der Waals surface area contributed by atoms with Crippen molar-refractivity contribution in [2.45, 2.75) is 39.5 Å². The Hall–Kier alpha value is -2.45. The summed E-state index contributed by atoms with van der Waals surface area (Å²) in [6.07, 6.45) is -0.327. The van der Waals surface area contributed by atoms with E-state index in [9.17, 15) is 4.79 Å². The first kappa shape index (κ1) is 14.5. The number of hydrogen-bond donors (Lipinski definition) is 0. The zero-order chi connectivity index (χ0) is 16.1. The lowest BCUT2D eigenvalue weighted by molar-refractivity contribution is 0.0238. The second-order valence-electron chi connectivity index (χ2n) is 6.35. The zero-order valence-corrected chi connectivity index (χ0v) is 13.4. The first-order chi connectivity index (χ1) is 10.3. The molecule has 0 radical (unpaired) electrons. The van der Waals surface area contributed by atoms with Gasteiger partial charge in [-0.1, -0.05) is 0 Å². The van der Waals surface area contributed by atoms with Crippen molar-refractivity contribution in [3.05, 3.63) is 11.4 Å². The number of carbonyl (C=O) groups excluding carboxylic acids is 1. The van der Waals surface area contributed by atoms with Gasteiger partial charge in [-0.3, -0.25) is 4.90 Å². The lowest BCUT2D eigenvalue weighted by atomic mass is 10.2. The molecule has 3 heterocycles. The number of rotatable bonds is 1. The predicted octanol–water partition coefficient (Wildman–Crippen LogP) is 0.861. The molecule has 9 nitrogen and oxygen atoms in total. The van der Waals surface area contributed by atoms with E-state index in [1.54, 1.807) is 16.6 Å². The number of imidazole rings is 1. The molecule has 2 aromatic rings. The first-order valence-electron chi connectivity index (χ1n) is 7.01. The van der Waals surface area contributed by atoms with Gasteiger partial charge in [-0.05, 0) is 31.2 Å². The molecule has 118 valence electrons. The van der Waals surface area contributed by atoms with E-state index in [1.807, 2.05) is 32.4 Å². The van der Waals surface area contributed by atoms with Gasteiger partial charge in [0.2, 0.25) is 5.82 Å². The molecule has 0 atom stereocenters. The van der Waals surface area contributed by atoms with Crippen LogP contribution in [-0.2, 0) is 31.9 Å². The van der Waals surface area contributed by atoms with Gasteiger partial charge in [0.15, 0.2) is 5.82 Å². The second-order valence-corrected chi connectivity index (χ2v) is 6.35. The topological polar surface area (TPSA) is 91.0 Å². The molecule has 1 aliphatic rings. The lowest BCUT2D eigenvalue weighted by Crippen LogP contribution is -2.33. The van der Waals surface area contributed by atoms with Crippen LogP contribution in [0, 0.1) is 0 Å².